The Morgan fingerprint density at radius 1 is 1.11 bits per heavy atom. The third-order valence-corrected chi connectivity index (χ3v) is 2.99. The van der Waals surface area contributed by atoms with Gasteiger partial charge in [0.15, 0.2) is 0 Å². The molecule has 2 atom stereocenters. The highest BCUT2D eigenvalue weighted by Crippen LogP contribution is 2.42. The maximum Gasteiger partial charge on any atom is 0.414 e. The van der Waals surface area contributed by atoms with E-state index in [4.69, 9.17) is 4.74 Å². The molecule has 0 saturated heterocycles. The third-order valence-electron chi connectivity index (χ3n) is 2.99. The lowest BCUT2D eigenvalue weighted by Gasteiger charge is -2.21. The van der Waals surface area contributed by atoms with Crippen molar-refractivity contribution in [2.24, 2.45) is 5.92 Å². The summed E-state index contributed by atoms with van der Waals surface area (Å²) in [5, 5.41) is 0. The second-order valence-electron chi connectivity index (χ2n) is 4.75. The Morgan fingerprint density at radius 2 is 1.72 bits per heavy atom. The van der Waals surface area contributed by atoms with E-state index in [-0.39, 0.29) is 5.92 Å². The van der Waals surface area contributed by atoms with E-state index in [1.165, 1.54) is 6.08 Å². The highest BCUT2D eigenvalue weighted by molar-refractivity contribution is 5.30. The number of alkyl halides is 3. The molecule has 1 aliphatic heterocycles. The monoisotopic (exact) mass is 256 g/mol. The minimum atomic E-state index is -4.32. The quantitative estimate of drug-likeness (QED) is 0.718. The molecule has 0 aliphatic carbocycles. The van der Waals surface area contributed by atoms with Gasteiger partial charge in [0, 0.05) is 0 Å². The van der Waals surface area contributed by atoms with Crippen LogP contribution >= 0.6 is 0 Å². The van der Waals surface area contributed by atoms with Crippen molar-refractivity contribution in [3.8, 4) is 0 Å². The Balaban J connectivity index is 2.31. The van der Waals surface area contributed by atoms with Crippen molar-refractivity contribution < 1.29 is 17.9 Å². The Bertz CT molecular complexity index is 434. The van der Waals surface area contributed by atoms with E-state index in [1.54, 1.807) is 38.1 Å². The largest absolute Gasteiger partial charge is 0.414 e. The van der Waals surface area contributed by atoms with Crippen LogP contribution in [0.2, 0.25) is 0 Å². The Morgan fingerprint density at radius 3 is 2.17 bits per heavy atom. The van der Waals surface area contributed by atoms with Gasteiger partial charge in [-0.15, -0.1) is 0 Å². The van der Waals surface area contributed by atoms with Gasteiger partial charge in [-0.25, -0.2) is 0 Å². The van der Waals surface area contributed by atoms with Crippen LogP contribution in [0, 0.1) is 5.92 Å². The zero-order chi connectivity index (χ0) is 13.3. The molecule has 98 valence electrons. The number of hydrogen-bond acceptors (Lipinski definition) is 1. The molecule has 4 heteroatoms. The normalized spacial score (nSPS) is 24.4. The van der Waals surface area contributed by atoms with Crippen molar-refractivity contribution in [2.45, 2.75) is 32.2 Å². The molecule has 0 aromatic heterocycles. The molecular formula is C14H15F3O. The molecule has 0 fully saturated rings. The highest BCUT2D eigenvalue weighted by atomic mass is 19.4. The van der Waals surface area contributed by atoms with E-state index in [1.807, 2.05) is 6.07 Å². The minimum Gasteiger partial charge on any atom is -0.361 e. The maximum atomic E-state index is 12.9. The molecule has 0 amide bonds. The van der Waals surface area contributed by atoms with Gasteiger partial charge < -0.3 is 4.74 Å². The van der Waals surface area contributed by atoms with Crippen molar-refractivity contribution in [3.05, 3.63) is 47.5 Å². The van der Waals surface area contributed by atoms with Gasteiger partial charge in [-0.05, 0) is 17.6 Å². The first-order valence-electron chi connectivity index (χ1n) is 5.89. The standard InChI is InChI=1S/C14H15F3O/c1-9(2)13-11(14(15,16)17)8-12(18-13)10-6-4-3-5-7-10/h3-9,12-13H,1-2H3/t12-,13+/m0/s1. The van der Waals surface area contributed by atoms with Gasteiger partial charge in [-0.2, -0.15) is 13.2 Å². The molecule has 1 aromatic carbocycles. The lowest BCUT2D eigenvalue weighted by Crippen LogP contribution is -2.27. The summed E-state index contributed by atoms with van der Waals surface area (Å²) in [5.41, 5.74) is 0.189. The molecule has 1 aliphatic rings. The number of halogens is 3. The minimum absolute atomic E-state index is 0.202. The van der Waals surface area contributed by atoms with E-state index in [0.29, 0.717) is 0 Å². The third kappa shape index (κ3) is 2.58. The van der Waals surface area contributed by atoms with Crippen LogP contribution in [-0.2, 0) is 4.74 Å². The molecule has 0 unspecified atom stereocenters. The molecule has 0 N–H and O–H groups in total. The average molecular weight is 256 g/mol. The van der Waals surface area contributed by atoms with Gasteiger partial charge in [-0.1, -0.05) is 44.2 Å². The zero-order valence-corrected chi connectivity index (χ0v) is 10.2. The van der Waals surface area contributed by atoms with E-state index >= 15 is 0 Å². The van der Waals surface area contributed by atoms with Crippen molar-refractivity contribution in [1.82, 2.24) is 0 Å². The topological polar surface area (TPSA) is 9.23 Å². The molecule has 0 spiro atoms. The number of benzene rings is 1. The summed E-state index contributed by atoms with van der Waals surface area (Å²) >= 11 is 0. The maximum absolute atomic E-state index is 12.9. The molecule has 18 heavy (non-hydrogen) atoms. The van der Waals surface area contributed by atoms with E-state index in [2.05, 4.69) is 0 Å². The Kier molecular flexibility index (Phi) is 3.48. The summed E-state index contributed by atoms with van der Waals surface area (Å²) in [6.07, 6.45) is -4.61. The first-order valence-corrected chi connectivity index (χ1v) is 5.89. The summed E-state index contributed by atoms with van der Waals surface area (Å²) in [6.45, 7) is 3.47. The molecular weight excluding hydrogens is 241 g/mol. The van der Waals surface area contributed by atoms with Crippen LogP contribution in [0.4, 0.5) is 13.2 Å². The number of rotatable bonds is 2. The molecule has 0 saturated carbocycles. The second-order valence-corrected chi connectivity index (χ2v) is 4.75. The summed E-state index contributed by atoms with van der Waals surface area (Å²) < 4.78 is 44.3. The van der Waals surface area contributed by atoms with Gasteiger partial charge in [0.1, 0.15) is 6.10 Å². The van der Waals surface area contributed by atoms with Gasteiger partial charge in [-0.3, -0.25) is 0 Å². The van der Waals surface area contributed by atoms with Crippen molar-refractivity contribution >= 4 is 0 Å². The first-order chi connectivity index (χ1) is 8.39. The molecule has 1 heterocycles. The van der Waals surface area contributed by atoms with Gasteiger partial charge >= 0.3 is 6.18 Å². The molecule has 0 bridgehead atoms. The summed E-state index contributed by atoms with van der Waals surface area (Å²) in [4.78, 5) is 0. The zero-order valence-electron chi connectivity index (χ0n) is 10.2. The van der Waals surface area contributed by atoms with Crippen LogP contribution < -0.4 is 0 Å². The van der Waals surface area contributed by atoms with E-state index in [0.717, 1.165) is 5.56 Å². The molecule has 1 aromatic rings. The van der Waals surface area contributed by atoms with Crippen LogP contribution in [-0.4, -0.2) is 12.3 Å². The van der Waals surface area contributed by atoms with Gasteiger partial charge in [0.2, 0.25) is 0 Å². The summed E-state index contributed by atoms with van der Waals surface area (Å²) in [6, 6.07) is 8.97. The van der Waals surface area contributed by atoms with Crippen molar-refractivity contribution in [3.63, 3.8) is 0 Å². The van der Waals surface area contributed by atoms with Crippen LogP contribution in [0.1, 0.15) is 25.5 Å². The molecule has 0 radical (unpaired) electrons. The first kappa shape index (κ1) is 13.1. The Hall–Kier alpha value is -1.29. The van der Waals surface area contributed by atoms with E-state index in [9.17, 15) is 13.2 Å². The van der Waals surface area contributed by atoms with Crippen molar-refractivity contribution in [1.29, 1.82) is 0 Å². The van der Waals surface area contributed by atoms with Crippen LogP contribution in [0.5, 0.6) is 0 Å². The molecule has 2 rings (SSSR count). The average Bonchev–Trinajstić information content (AvgIpc) is 2.74. The predicted molar refractivity (Wildman–Crippen MR) is 63.0 cm³/mol. The van der Waals surface area contributed by atoms with Gasteiger partial charge in [0.25, 0.3) is 0 Å². The van der Waals surface area contributed by atoms with Crippen LogP contribution in [0.3, 0.4) is 0 Å². The highest BCUT2D eigenvalue weighted by Gasteiger charge is 2.45. The predicted octanol–water partition coefficient (Wildman–Crippen LogP) is 4.27. The second kappa shape index (κ2) is 4.76. The lowest BCUT2D eigenvalue weighted by atomic mass is 9.99. The fourth-order valence-electron chi connectivity index (χ4n) is 2.12. The fourth-order valence-corrected chi connectivity index (χ4v) is 2.12. The summed E-state index contributed by atoms with van der Waals surface area (Å²) in [7, 11) is 0. The molecule has 1 nitrogen and oxygen atoms in total. The van der Waals surface area contributed by atoms with Crippen LogP contribution in [0.15, 0.2) is 42.0 Å². The van der Waals surface area contributed by atoms with Crippen LogP contribution in [0.25, 0.3) is 0 Å². The number of hydrogen-bond donors (Lipinski definition) is 0. The van der Waals surface area contributed by atoms with Gasteiger partial charge in [0.05, 0.1) is 11.7 Å². The number of ether oxygens (including phenoxy) is 1. The Labute approximate surface area is 104 Å². The smallest absolute Gasteiger partial charge is 0.361 e. The summed E-state index contributed by atoms with van der Waals surface area (Å²) in [5.74, 6) is -0.202. The van der Waals surface area contributed by atoms with E-state index < -0.39 is 24.0 Å². The lowest BCUT2D eigenvalue weighted by molar-refractivity contribution is -0.110. The van der Waals surface area contributed by atoms with Crippen molar-refractivity contribution in [2.75, 3.05) is 0 Å². The fraction of sp³-hybridized carbons (Fsp3) is 0.429. The SMILES string of the molecule is CC(C)[C@H]1O[C@H](c2ccccc2)C=C1C(F)(F)F.